The Morgan fingerprint density at radius 3 is 2.42 bits per heavy atom. The first kappa shape index (κ1) is 22.1. The number of carbonyl (C=O) groups excluding carboxylic acids is 2. The molecule has 162 valence electrons. The molecule has 0 radical (unpaired) electrons. The summed E-state index contributed by atoms with van der Waals surface area (Å²) in [6.45, 7) is 4.07. The molecule has 0 spiro atoms. The summed E-state index contributed by atoms with van der Waals surface area (Å²) in [6.07, 6.45) is 2.11. The van der Waals surface area contributed by atoms with E-state index in [1.54, 1.807) is 11.8 Å². The van der Waals surface area contributed by atoms with Crippen molar-refractivity contribution in [2.24, 2.45) is 0 Å². The van der Waals surface area contributed by atoms with Crippen LogP contribution in [0.15, 0.2) is 48.5 Å². The number of ether oxygens (including phenoxy) is 1. The van der Waals surface area contributed by atoms with Gasteiger partial charge in [0.05, 0.1) is 7.11 Å². The topological polar surface area (TPSA) is 101 Å². The smallest absolute Gasteiger partial charge is 0.328 e. The maximum absolute atomic E-state index is 12.7. The summed E-state index contributed by atoms with van der Waals surface area (Å²) in [5.74, 6) is 0.0565. The molecule has 3 aromatic rings. The fraction of sp³-hybridized carbons (Fsp3) is 0.348. The van der Waals surface area contributed by atoms with E-state index in [9.17, 15) is 9.59 Å². The number of carbonyl (C=O) groups is 2. The van der Waals surface area contributed by atoms with Crippen molar-refractivity contribution in [2.45, 2.75) is 45.7 Å². The van der Waals surface area contributed by atoms with E-state index in [1.165, 1.54) is 7.11 Å². The minimum absolute atomic E-state index is 0.0497. The summed E-state index contributed by atoms with van der Waals surface area (Å²) in [5.41, 5.74) is 3.78. The number of aromatic nitrogens is 4. The molecular weight excluding hydrogens is 394 g/mol. The average Bonchev–Trinajstić information content (AvgIpc) is 3.35. The van der Waals surface area contributed by atoms with E-state index >= 15 is 0 Å². The number of amides is 1. The van der Waals surface area contributed by atoms with Crippen LogP contribution >= 0.6 is 0 Å². The van der Waals surface area contributed by atoms with Crippen LogP contribution < -0.4 is 0 Å². The fourth-order valence-corrected chi connectivity index (χ4v) is 3.40. The van der Waals surface area contributed by atoms with Crippen molar-refractivity contribution in [1.29, 1.82) is 0 Å². The Kier molecular flexibility index (Phi) is 7.48. The van der Waals surface area contributed by atoms with Crippen LogP contribution in [0.1, 0.15) is 38.7 Å². The number of hydrogen-bond donors (Lipinski definition) is 1. The van der Waals surface area contributed by atoms with Gasteiger partial charge in [-0.3, -0.25) is 4.79 Å². The maximum atomic E-state index is 12.7. The summed E-state index contributed by atoms with van der Waals surface area (Å²) in [5, 5.41) is 14.3. The van der Waals surface area contributed by atoms with E-state index in [-0.39, 0.29) is 5.91 Å². The Balaban J connectivity index is 1.83. The van der Waals surface area contributed by atoms with Gasteiger partial charge < -0.3 is 9.64 Å². The van der Waals surface area contributed by atoms with Crippen molar-refractivity contribution < 1.29 is 14.3 Å². The van der Waals surface area contributed by atoms with E-state index in [0.717, 1.165) is 35.1 Å². The highest BCUT2D eigenvalue weighted by Crippen LogP contribution is 2.30. The Morgan fingerprint density at radius 2 is 1.81 bits per heavy atom. The molecule has 0 fully saturated rings. The highest BCUT2D eigenvalue weighted by Gasteiger charge is 2.26. The van der Waals surface area contributed by atoms with Gasteiger partial charge in [0.15, 0.2) is 0 Å². The van der Waals surface area contributed by atoms with Crippen LogP contribution in [-0.2, 0) is 20.9 Å². The van der Waals surface area contributed by atoms with Crippen LogP contribution in [0.2, 0.25) is 0 Å². The van der Waals surface area contributed by atoms with E-state index in [2.05, 4.69) is 20.6 Å². The number of H-pyrrole nitrogens is 1. The van der Waals surface area contributed by atoms with Gasteiger partial charge in [0, 0.05) is 18.5 Å². The summed E-state index contributed by atoms with van der Waals surface area (Å²) in [4.78, 5) is 26.4. The number of benzene rings is 2. The van der Waals surface area contributed by atoms with E-state index in [1.807, 2.05) is 55.5 Å². The van der Waals surface area contributed by atoms with Crippen molar-refractivity contribution in [3.8, 4) is 22.5 Å². The molecule has 0 aliphatic rings. The Morgan fingerprint density at radius 1 is 1.10 bits per heavy atom. The zero-order chi connectivity index (χ0) is 22.2. The third kappa shape index (κ3) is 5.33. The summed E-state index contributed by atoms with van der Waals surface area (Å²) >= 11 is 0. The highest BCUT2D eigenvalue weighted by molar-refractivity contribution is 5.84. The van der Waals surface area contributed by atoms with E-state index in [4.69, 9.17) is 4.74 Å². The average molecular weight is 422 g/mol. The number of nitrogens with zero attached hydrogens (tertiary/aromatic N) is 4. The second-order valence-corrected chi connectivity index (χ2v) is 7.30. The standard InChI is InChI=1S/C23H27N5O3/c1-4-5-10-21(29)28(16(2)23(30)31-3)15-17-11-13-18(14-12-17)19-8-6-7-9-20(19)22-24-26-27-25-22/h6-9,11-14,16H,4-5,10,15H2,1-3H3,(H,24,25,26,27). The molecule has 8 nitrogen and oxygen atoms in total. The zero-order valence-electron chi connectivity index (χ0n) is 18.0. The van der Waals surface area contributed by atoms with Gasteiger partial charge in [-0.05, 0) is 35.2 Å². The lowest BCUT2D eigenvalue weighted by atomic mass is 9.98. The van der Waals surface area contributed by atoms with Crippen LogP contribution in [0.5, 0.6) is 0 Å². The van der Waals surface area contributed by atoms with Crippen molar-refractivity contribution in [3.05, 3.63) is 54.1 Å². The predicted octanol–water partition coefficient (Wildman–Crippen LogP) is 3.61. The molecule has 1 heterocycles. The summed E-state index contributed by atoms with van der Waals surface area (Å²) < 4.78 is 4.86. The first-order valence-corrected chi connectivity index (χ1v) is 10.3. The zero-order valence-corrected chi connectivity index (χ0v) is 18.0. The lowest BCUT2D eigenvalue weighted by Gasteiger charge is -2.28. The van der Waals surface area contributed by atoms with Crippen LogP contribution in [0.3, 0.4) is 0 Å². The van der Waals surface area contributed by atoms with Gasteiger partial charge in [0.2, 0.25) is 11.7 Å². The predicted molar refractivity (Wildman–Crippen MR) is 117 cm³/mol. The fourth-order valence-electron chi connectivity index (χ4n) is 3.40. The molecule has 0 aliphatic carbocycles. The van der Waals surface area contributed by atoms with Crippen LogP contribution in [0, 0.1) is 0 Å². The number of methoxy groups -OCH3 is 1. The summed E-state index contributed by atoms with van der Waals surface area (Å²) in [6, 6.07) is 15.1. The minimum Gasteiger partial charge on any atom is -0.467 e. The van der Waals surface area contributed by atoms with Gasteiger partial charge in [-0.15, -0.1) is 10.2 Å². The number of esters is 1. The molecule has 1 amide bonds. The normalized spacial score (nSPS) is 11.7. The van der Waals surface area contributed by atoms with E-state index in [0.29, 0.717) is 18.8 Å². The maximum Gasteiger partial charge on any atom is 0.328 e. The van der Waals surface area contributed by atoms with Gasteiger partial charge in [0.1, 0.15) is 6.04 Å². The highest BCUT2D eigenvalue weighted by atomic mass is 16.5. The molecule has 31 heavy (non-hydrogen) atoms. The van der Waals surface area contributed by atoms with Crippen LogP contribution in [0.25, 0.3) is 22.5 Å². The van der Waals surface area contributed by atoms with Gasteiger partial charge in [-0.2, -0.15) is 5.21 Å². The molecule has 1 N–H and O–H groups in total. The Labute approximate surface area is 181 Å². The molecule has 1 unspecified atom stereocenters. The first-order valence-electron chi connectivity index (χ1n) is 10.3. The Hall–Kier alpha value is -3.55. The Bertz CT molecular complexity index is 1000. The molecule has 3 rings (SSSR count). The molecule has 0 aliphatic heterocycles. The van der Waals surface area contributed by atoms with Crippen molar-refractivity contribution in [2.75, 3.05) is 7.11 Å². The number of hydrogen-bond acceptors (Lipinski definition) is 6. The molecule has 1 atom stereocenters. The number of tetrazole rings is 1. The second kappa shape index (κ2) is 10.5. The van der Waals surface area contributed by atoms with Crippen molar-refractivity contribution in [1.82, 2.24) is 25.5 Å². The third-order valence-electron chi connectivity index (χ3n) is 5.21. The number of unbranched alkanes of at least 4 members (excludes halogenated alkanes) is 1. The van der Waals surface area contributed by atoms with Crippen LogP contribution in [-0.4, -0.2) is 50.6 Å². The largest absolute Gasteiger partial charge is 0.467 e. The molecule has 0 saturated heterocycles. The van der Waals surface area contributed by atoms with Gasteiger partial charge in [-0.25, -0.2) is 4.79 Å². The minimum atomic E-state index is -0.645. The quantitative estimate of drug-likeness (QED) is 0.530. The molecule has 0 saturated carbocycles. The molecule has 1 aromatic heterocycles. The van der Waals surface area contributed by atoms with Gasteiger partial charge in [0.25, 0.3) is 0 Å². The molecule has 0 bridgehead atoms. The number of aromatic amines is 1. The van der Waals surface area contributed by atoms with Crippen molar-refractivity contribution >= 4 is 11.9 Å². The monoisotopic (exact) mass is 421 g/mol. The van der Waals surface area contributed by atoms with Crippen LogP contribution in [0.4, 0.5) is 0 Å². The first-order chi connectivity index (χ1) is 15.0. The van der Waals surface area contributed by atoms with Crippen molar-refractivity contribution in [3.63, 3.8) is 0 Å². The lowest BCUT2D eigenvalue weighted by molar-refractivity contribution is -0.152. The SMILES string of the molecule is CCCCC(=O)N(Cc1ccc(-c2ccccc2-c2nn[nH]n2)cc1)C(C)C(=O)OC. The third-order valence-corrected chi connectivity index (χ3v) is 5.21. The van der Waals surface area contributed by atoms with Gasteiger partial charge >= 0.3 is 5.97 Å². The molecule has 8 heteroatoms. The van der Waals surface area contributed by atoms with E-state index < -0.39 is 12.0 Å². The van der Waals surface area contributed by atoms with Gasteiger partial charge in [-0.1, -0.05) is 61.9 Å². The second-order valence-electron chi connectivity index (χ2n) is 7.30. The number of nitrogens with one attached hydrogen (secondary N) is 1. The lowest BCUT2D eigenvalue weighted by Crippen LogP contribution is -2.43. The summed E-state index contributed by atoms with van der Waals surface area (Å²) in [7, 11) is 1.34. The number of rotatable bonds is 9. The molecular formula is C23H27N5O3. The molecule has 2 aromatic carbocycles.